The van der Waals surface area contributed by atoms with Crippen molar-refractivity contribution < 1.29 is 17.9 Å². The van der Waals surface area contributed by atoms with Crippen LogP contribution in [-0.2, 0) is 16.4 Å². The lowest BCUT2D eigenvalue weighted by Gasteiger charge is -2.13. The number of carbonyl (C=O) groups excluding carboxylic acids is 1. The van der Waals surface area contributed by atoms with Crippen LogP contribution >= 0.6 is 11.6 Å². The molecule has 0 aromatic heterocycles. The van der Waals surface area contributed by atoms with Crippen LogP contribution in [0.1, 0.15) is 15.9 Å². The van der Waals surface area contributed by atoms with Gasteiger partial charge in [-0.1, -0.05) is 41.9 Å². The molecule has 30 heavy (non-hydrogen) atoms. The monoisotopic (exact) mass is 444 g/mol. The highest BCUT2D eigenvalue weighted by molar-refractivity contribution is 7.89. The summed E-state index contributed by atoms with van der Waals surface area (Å²) in [6.45, 7) is 0.255. The minimum absolute atomic E-state index is 0.0303. The lowest BCUT2D eigenvalue weighted by molar-refractivity contribution is 0.102. The fraction of sp³-hybridized carbons (Fsp3) is 0.136. The first kappa shape index (κ1) is 21.8. The summed E-state index contributed by atoms with van der Waals surface area (Å²) < 4.78 is 33.2. The highest BCUT2D eigenvalue weighted by atomic mass is 35.5. The van der Waals surface area contributed by atoms with Crippen molar-refractivity contribution in [3.8, 4) is 5.75 Å². The molecular weight excluding hydrogens is 424 g/mol. The molecule has 3 aromatic rings. The molecule has 0 unspecified atom stereocenters. The molecule has 3 aromatic carbocycles. The van der Waals surface area contributed by atoms with Gasteiger partial charge in [-0.05, 0) is 54.4 Å². The summed E-state index contributed by atoms with van der Waals surface area (Å²) in [7, 11) is -2.31. The van der Waals surface area contributed by atoms with Gasteiger partial charge in [-0.3, -0.25) is 4.79 Å². The maximum Gasteiger partial charge on any atom is 0.255 e. The van der Waals surface area contributed by atoms with E-state index < -0.39 is 15.9 Å². The smallest absolute Gasteiger partial charge is 0.255 e. The summed E-state index contributed by atoms with van der Waals surface area (Å²) in [6.07, 6.45) is 0.566. The van der Waals surface area contributed by atoms with Crippen molar-refractivity contribution in [1.29, 1.82) is 0 Å². The van der Waals surface area contributed by atoms with Crippen LogP contribution < -0.4 is 14.8 Å². The summed E-state index contributed by atoms with van der Waals surface area (Å²) in [5, 5.41) is 3.21. The second kappa shape index (κ2) is 9.75. The number of anilines is 1. The van der Waals surface area contributed by atoms with E-state index in [0.29, 0.717) is 22.8 Å². The van der Waals surface area contributed by atoms with Crippen LogP contribution in [0.3, 0.4) is 0 Å². The van der Waals surface area contributed by atoms with E-state index in [0.717, 1.165) is 5.56 Å². The molecule has 0 atom stereocenters. The Morgan fingerprint density at radius 1 is 1.00 bits per heavy atom. The summed E-state index contributed by atoms with van der Waals surface area (Å²) in [5.74, 6) is -0.0582. The molecule has 1 amide bonds. The van der Waals surface area contributed by atoms with Crippen molar-refractivity contribution in [2.45, 2.75) is 11.3 Å². The van der Waals surface area contributed by atoms with Gasteiger partial charge in [0.2, 0.25) is 10.0 Å². The first-order valence-electron chi connectivity index (χ1n) is 9.17. The van der Waals surface area contributed by atoms with Crippen LogP contribution in [0.4, 0.5) is 5.69 Å². The standard InChI is InChI=1S/C22H21ClN2O4S/c1-29-21-12-11-19(30(27,28)24-14-13-16-5-3-2-4-6-16)15-20(21)25-22(26)17-7-9-18(23)10-8-17/h2-12,15,24H,13-14H2,1H3,(H,25,26). The van der Waals surface area contributed by atoms with Crippen molar-refractivity contribution in [2.24, 2.45) is 0 Å². The Morgan fingerprint density at radius 2 is 1.70 bits per heavy atom. The highest BCUT2D eigenvalue weighted by Gasteiger charge is 2.18. The van der Waals surface area contributed by atoms with E-state index in [9.17, 15) is 13.2 Å². The number of hydrogen-bond acceptors (Lipinski definition) is 4. The number of ether oxygens (including phenoxy) is 1. The maximum absolute atomic E-state index is 12.7. The third kappa shape index (κ3) is 5.60. The van der Waals surface area contributed by atoms with Gasteiger partial charge in [-0.15, -0.1) is 0 Å². The maximum atomic E-state index is 12.7. The van der Waals surface area contributed by atoms with E-state index in [2.05, 4.69) is 10.0 Å². The van der Waals surface area contributed by atoms with Gasteiger partial charge in [0.15, 0.2) is 0 Å². The molecular formula is C22H21ClN2O4S. The van der Waals surface area contributed by atoms with Crippen molar-refractivity contribution in [2.75, 3.05) is 19.0 Å². The van der Waals surface area contributed by atoms with Gasteiger partial charge in [0, 0.05) is 17.1 Å². The Bertz CT molecular complexity index is 1120. The van der Waals surface area contributed by atoms with Crippen LogP contribution in [0.2, 0.25) is 5.02 Å². The number of carbonyl (C=O) groups is 1. The first-order chi connectivity index (χ1) is 14.4. The van der Waals surface area contributed by atoms with Crippen LogP contribution in [0.15, 0.2) is 77.7 Å². The van der Waals surface area contributed by atoms with Crippen molar-refractivity contribution in [3.05, 3.63) is 88.9 Å². The molecule has 0 heterocycles. The quantitative estimate of drug-likeness (QED) is 0.547. The number of benzene rings is 3. The van der Waals surface area contributed by atoms with Gasteiger partial charge in [0.05, 0.1) is 17.7 Å². The number of nitrogens with one attached hydrogen (secondary N) is 2. The van der Waals surface area contributed by atoms with Crippen LogP contribution in [0, 0.1) is 0 Å². The Labute approximate surface area is 180 Å². The fourth-order valence-corrected chi connectivity index (χ4v) is 3.99. The van der Waals surface area contributed by atoms with Gasteiger partial charge in [0.1, 0.15) is 5.75 Å². The molecule has 0 saturated carbocycles. The van der Waals surface area contributed by atoms with Crippen LogP contribution in [0.5, 0.6) is 5.75 Å². The topological polar surface area (TPSA) is 84.5 Å². The molecule has 0 bridgehead atoms. The molecule has 0 aliphatic rings. The normalized spacial score (nSPS) is 11.1. The number of rotatable bonds is 8. The van der Waals surface area contributed by atoms with Crippen molar-refractivity contribution >= 4 is 33.2 Å². The van der Waals surface area contributed by atoms with Crippen molar-refractivity contribution in [3.63, 3.8) is 0 Å². The molecule has 2 N–H and O–H groups in total. The molecule has 6 nitrogen and oxygen atoms in total. The molecule has 0 radical (unpaired) electrons. The van der Waals surface area contributed by atoms with E-state index in [4.69, 9.17) is 16.3 Å². The number of methoxy groups -OCH3 is 1. The van der Waals surface area contributed by atoms with Gasteiger partial charge in [0.25, 0.3) is 5.91 Å². The van der Waals surface area contributed by atoms with E-state index in [-0.39, 0.29) is 17.1 Å². The molecule has 0 aliphatic heterocycles. The van der Waals surface area contributed by atoms with E-state index in [1.165, 1.54) is 25.3 Å². The molecule has 0 spiro atoms. The van der Waals surface area contributed by atoms with E-state index in [1.54, 1.807) is 24.3 Å². The van der Waals surface area contributed by atoms with E-state index >= 15 is 0 Å². The lowest BCUT2D eigenvalue weighted by Crippen LogP contribution is -2.26. The minimum Gasteiger partial charge on any atom is -0.495 e. The average Bonchev–Trinajstić information content (AvgIpc) is 2.74. The summed E-state index contributed by atoms with van der Waals surface area (Å²) in [5.41, 5.74) is 1.67. The van der Waals surface area contributed by atoms with Gasteiger partial charge >= 0.3 is 0 Å². The number of hydrogen-bond donors (Lipinski definition) is 2. The molecule has 8 heteroatoms. The Hall–Kier alpha value is -2.87. The summed E-state index contributed by atoms with van der Waals surface area (Å²) in [4.78, 5) is 12.5. The second-order valence-electron chi connectivity index (χ2n) is 6.46. The first-order valence-corrected chi connectivity index (χ1v) is 11.0. The Kier molecular flexibility index (Phi) is 7.10. The largest absolute Gasteiger partial charge is 0.495 e. The molecule has 156 valence electrons. The zero-order valence-electron chi connectivity index (χ0n) is 16.3. The van der Waals surface area contributed by atoms with Crippen molar-refractivity contribution in [1.82, 2.24) is 4.72 Å². The van der Waals surface area contributed by atoms with Crippen LogP contribution in [-0.4, -0.2) is 28.0 Å². The Morgan fingerprint density at radius 3 is 2.37 bits per heavy atom. The third-order valence-electron chi connectivity index (χ3n) is 4.38. The minimum atomic E-state index is -3.76. The molecule has 0 aliphatic carbocycles. The average molecular weight is 445 g/mol. The van der Waals surface area contributed by atoms with Crippen LogP contribution in [0.25, 0.3) is 0 Å². The number of halogens is 1. The highest BCUT2D eigenvalue weighted by Crippen LogP contribution is 2.28. The number of sulfonamides is 1. The fourth-order valence-electron chi connectivity index (χ4n) is 2.81. The predicted octanol–water partition coefficient (Wildman–Crippen LogP) is 4.12. The summed E-state index contributed by atoms with van der Waals surface area (Å²) in [6, 6.07) is 20.3. The lowest BCUT2D eigenvalue weighted by atomic mass is 10.2. The van der Waals surface area contributed by atoms with Gasteiger partial charge in [-0.2, -0.15) is 0 Å². The van der Waals surface area contributed by atoms with Gasteiger partial charge < -0.3 is 10.1 Å². The zero-order valence-corrected chi connectivity index (χ0v) is 17.8. The third-order valence-corrected chi connectivity index (χ3v) is 6.10. The van der Waals surface area contributed by atoms with Gasteiger partial charge in [-0.25, -0.2) is 13.1 Å². The van der Waals surface area contributed by atoms with E-state index in [1.807, 2.05) is 30.3 Å². The molecule has 0 fully saturated rings. The number of amides is 1. The zero-order chi connectivity index (χ0) is 21.6. The predicted molar refractivity (Wildman–Crippen MR) is 118 cm³/mol. The SMILES string of the molecule is COc1ccc(S(=O)(=O)NCCc2ccccc2)cc1NC(=O)c1ccc(Cl)cc1. The molecule has 0 saturated heterocycles. The second-order valence-corrected chi connectivity index (χ2v) is 8.66. The summed E-state index contributed by atoms with van der Waals surface area (Å²) >= 11 is 5.85. The molecule has 3 rings (SSSR count). The Balaban J connectivity index is 1.75.